The van der Waals surface area contributed by atoms with Gasteiger partial charge in [-0.1, -0.05) is 23.5 Å². The molecule has 0 saturated heterocycles. The molecule has 2 heterocycles. The lowest BCUT2D eigenvalue weighted by Gasteiger charge is -2.09. The minimum Gasteiger partial charge on any atom is -0.325 e. The van der Waals surface area contributed by atoms with Gasteiger partial charge in [0, 0.05) is 52.9 Å². The number of anilines is 1. The summed E-state index contributed by atoms with van der Waals surface area (Å²) in [6, 6.07) is 7.57. The highest BCUT2D eigenvalue weighted by Crippen LogP contribution is 2.22. The molecular weight excluding hydrogens is 298 g/mol. The number of benzene rings is 1. The number of carbonyl (C=O) groups excluding carboxylic acids is 1. The van der Waals surface area contributed by atoms with Crippen molar-refractivity contribution >= 4 is 33.7 Å². The lowest BCUT2D eigenvalue weighted by molar-refractivity contribution is -0.116. The summed E-state index contributed by atoms with van der Waals surface area (Å²) in [4.78, 5) is 27.8. The van der Waals surface area contributed by atoms with Gasteiger partial charge in [0.15, 0.2) is 0 Å². The smallest absolute Gasteiger partial charge is 0.307 e. The van der Waals surface area contributed by atoms with Crippen molar-refractivity contribution < 1.29 is 4.79 Å². The van der Waals surface area contributed by atoms with E-state index in [1.54, 1.807) is 22.3 Å². The molecule has 22 heavy (non-hydrogen) atoms. The average Bonchev–Trinajstić information content (AvgIpc) is 2.84. The molecule has 2 aromatic heterocycles. The topological polar surface area (TPSA) is 64.0 Å². The van der Waals surface area contributed by atoms with E-state index >= 15 is 0 Å². The number of nitrogens with one attached hydrogen (secondary N) is 1. The largest absolute Gasteiger partial charge is 0.325 e. The lowest BCUT2D eigenvalue weighted by atomic mass is 10.1. The van der Waals surface area contributed by atoms with Crippen LogP contribution in [0.1, 0.15) is 12.1 Å². The zero-order chi connectivity index (χ0) is 15.5. The average molecular weight is 313 g/mol. The quantitative estimate of drug-likeness (QED) is 0.805. The first-order valence-electron chi connectivity index (χ1n) is 6.92. The van der Waals surface area contributed by atoms with Gasteiger partial charge in [0.2, 0.25) is 5.91 Å². The molecule has 0 radical (unpaired) electrons. The first-order valence-corrected chi connectivity index (χ1v) is 7.80. The Morgan fingerprint density at radius 3 is 3.00 bits per heavy atom. The van der Waals surface area contributed by atoms with Crippen molar-refractivity contribution in [3.05, 3.63) is 57.4 Å². The molecule has 0 spiro atoms. The number of aryl methyl sites for hydroxylation is 1. The Morgan fingerprint density at radius 2 is 2.23 bits per heavy atom. The predicted octanol–water partition coefficient (Wildman–Crippen LogP) is 2.80. The van der Waals surface area contributed by atoms with Crippen LogP contribution >= 0.6 is 11.3 Å². The zero-order valence-corrected chi connectivity index (χ0v) is 12.9. The molecule has 0 fully saturated rings. The number of amides is 1. The zero-order valence-electron chi connectivity index (χ0n) is 12.1. The summed E-state index contributed by atoms with van der Waals surface area (Å²) in [5.41, 5.74) is 1.65. The fourth-order valence-electron chi connectivity index (χ4n) is 2.33. The minimum atomic E-state index is -0.109. The van der Waals surface area contributed by atoms with E-state index in [0.717, 1.165) is 33.5 Å². The Labute approximate surface area is 131 Å². The van der Waals surface area contributed by atoms with Gasteiger partial charge in [-0.15, -0.1) is 0 Å². The van der Waals surface area contributed by atoms with Crippen molar-refractivity contribution in [2.45, 2.75) is 19.9 Å². The number of aromatic nitrogens is 2. The van der Waals surface area contributed by atoms with E-state index in [-0.39, 0.29) is 17.2 Å². The summed E-state index contributed by atoms with van der Waals surface area (Å²) in [6.45, 7) is 2.26. The lowest BCUT2D eigenvalue weighted by Crippen LogP contribution is -2.20. The molecule has 0 aliphatic heterocycles. The molecule has 1 amide bonds. The molecular formula is C16H15N3O2S. The van der Waals surface area contributed by atoms with Gasteiger partial charge >= 0.3 is 4.87 Å². The van der Waals surface area contributed by atoms with Gasteiger partial charge in [0.05, 0.1) is 0 Å². The molecule has 0 saturated carbocycles. The Kier molecular flexibility index (Phi) is 4.02. The molecule has 6 heteroatoms. The van der Waals surface area contributed by atoms with Crippen molar-refractivity contribution in [3.63, 3.8) is 0 Å². The Morgan fingerprint density at radius 1 is 1.36 bits per heavy atom. The summed E-state index contributed by atoms with van der Waals surface area (Å²) in [5, 5.41) is 6.64. The minimum absolute atomic E-state index is 0.0264. The second-order valence-electron chi connectivity index (χ2n) is 5.00. The Hall–Kier alpha value is -2.47. The molecule has 1 aromatic carbocycles. The van der Waals surface area contributed by atoms with Crippen LogP contribution in [0.3, 0.4) is 0 Å². The van der Waals surface area contributed by atoms with Gasteiger partial charge < -0.3 is 9.88 Å². The third kappa shape index (κ3) is 2.92. The molecule has 3 aromatic rings. The van der Waals surface area contributed by atoms with Crippen LogP contribution in [0.15, 0.2) is 46.8 Å². The third-order valence-corrected chi connectivity index (χ3v) is 4.37. The van der Waals surface area contributed by atoms with E-state index in [4.69, 9.17) is 0 Å². The maximum Gasteiger partial charge on any atom is 0.307 e. The van der Waals surface area contributed by atoms with Crippen LogP contribution in [0.4, 0.5) is 5.69 Å². The van der Waals surface area contributed by atoms with Crippen LogP contribution in [0.25, 0.3) is 10.8 Å². The fraction of sp³-hybridized carbons (Fsp3) is 0.188. The first kappa shape index (κ1) is 14.5. The molecule has 0 aliphatic rings. The molecule has 0 aliphatic carbocycles. The number of carbonyl (C=O) groups is 1. The number of hydrogen-bond donors (Lipinski definition) is 1. The maximum absolute atomic E-state index is 12.1. The molecule has 1 N–H and O–H groups in total. The van der Waals surface area contributed by atoms with E-state index < -0.39 is 0 Å². The molecule has 0 atom stereocenters. The van der Waals surface area contributed by atoms with Crippen LogP contribution in [-0.2, 0) is 11.3 Å². The summed E-state index contributed by atoms with van der Waals surface area (Å²) < 4.78 is 1.62. The van der Waals surface area contributed by atoms with Crippen LogP contribution in [0.2, 0.25) is 0 Å². The second-order valence-corrected chi connectivity index (χ2v) is 5.82. The third-order valence-electron chi connectivity index (χ3n) is 3.49. The number of thiazole rings is 1. The van der Waals surface area contributed by atoms with Crippen molar-refractivity contribution in [2.75, 3.05) is 5.32 Å². The van der Waals surface area contributed by atoms with Crippen molar-refractivity contribution in [3.8, 4) is 0 Å². The van der Waals surface area contributed by atoms with Gasteiger partial charge in [-0.3, -0.25) is 14.6 Å². The Bertz CT molecular complexity index is 877. The van der Waals surface area contributed by atoms with Crippen LogP contribution in [0.5, 0.6) is 0 Å². The number of hydrogen-bond acceptors (Lipinski definition) is 4. The van der Waals surface area contributed by atoms with Crippen molar-refractivity contribution in [1.29, 1.82) is 0 Å². The summed E-state index contributed by atoms with van der Waals surface area (Å²) in [5.74, 6) is -0.109. The molecule has 0 bridgehead atoms. The van der Waals surface area contributed by atoms with Crippen molar-refractivity contribution in [1.82, 2.24) is 9.55 Å². The van der Waals surface area contributed by atoms with Gasteiger partial charge in [0.1, 0.15) is 0 Å². The second kappa shape index (κ2) is 6.11. The van der Waals surface area contributed by atoms with E-state index in [9.17, 15) is 9.59 Å². The highest BCUT2D eigenvalue weighted by Gasteiger charge is 2.08. The predicted molar refractivity (Wildman–Crippen MR) is 88.3 cm³/mol. The number of rotatable bonds is 4. The van der Waals surface area contributed by atoms with E-state index in [1.165, 1.54) is 0 Å². The highest BCUT2D eigenvalue weighted by atomic mass is 32.1. The maximum atomic E-state index is 12.1. The standard InChI is InChI=1S/C16H15N3O2S/c1-11-10-22-16(21)19(11)8-6-15(20)18-14-4-2-3-12-9-17-7-5-13(12)14/h2-5,7,9-10H,6,8H2,1H3,(H,18,20). The highest BCUT2D eigenvalue weighted by molar-refractivity contribution is 7.07. The van der Waals surface area contributed by atoms with E-state index in [2.05, 4.69) is 10.3 Å². The molecule has 112 valence electrons. The monoisotopic (exact) mass is 313 g/mol. The fourth-order valence-corrected chi connectivity index (χ4v) is 3.09. The Balaban J connectivity index is 1.73. The van der Waals surface area contributed by atoms with Crippen molar-refractivity contribution in [2.24, 2.45) is 0 Å². The van der Waals surface area contributed by atoms with E-state index in [1.807, 2.05) is 31.2 Å². The number of fused-ring (bicyclic) bond motifs is 1. The van der Waals surface area contributed by atoms with E-state index in [0.29, 0.717) is 6.54 Å². The summed E-state index contributed by atoms with van der Waals surface area (Å²) >= 11 is 1.16. The number of nitrogens with zero attached hydrogens (tertiary/aromatic N) is 2. The SMILES string of the molecule is Cc1csc(=O)n1CCC(=O)Nc1cccc2cnccc12. The van der Waals surface area contributed by atoms with Gasteiger partial charge in [-0.05, 0) is 19.1 Å². The van der Waals surface area contributed by atoms with Crippen LogP contribution < -0.4 is 10.2 Å². The number of pyridine rings is 1. The molecule has 0 unspecified atom stereocenters. The molecule has 3 rings (SSSR count). The summed E-state index contributed by atoms with van der Waals surface area (Å²) in [7, 11) is 0. The van der Waals surface area contributed by atoms with Gasteiger partial charge in [-0.2, -0.15) is 0 Å². The summed E-state index contributed by atoms with van der Waals surface area (Å²) in [6.07, 6.45) is 3.73. The van der Waals surface area contributed by atoms with Crippen LogP contribution in [-0.4, -0.2) is 15.5 Å². The van der Waals surface area contributed by atoms with Crippen LogP contribution in [0, 0.1) is 6.92 Å². The molecule has 5 nitrogen and oxygen atoms in total. The van der Waals surface area contributed by atoms with Gasteiger partial charge in [0.25, 0.3) is 0 Å². The first-order chi connectivity index (χ1) is 10.6. The normalized spacial score (nSPS) is 10.8. The van der Waals surface area contributed by atoms with Gasteiger partial charge in [-0.25, -0.2) is 0 Å².